The SMILES string of the molecule is Cc1ccc(C(=O)N2CCN(C(=O)C(=O)Nc3cccc(-c4nc(C)c(C)o4)c3)CC2)o1. The Bertz CT molecular complexity index is 1150. The third-order valence-electron chi connectivity index (χ3n) is 5.40. The van der Waals surface area contributed by atoms with Gasteiger partial charge in [0, 0.05) is 37.4 Å². The summed E-state index contributed by atoms with van der Waals surface area (Å²) in [7, 11) is 0. The highest BCUT2D eigenvalue weighted by atomic mass is 16.4. The van der Waals surface area contributed by atoms with Crippen LogP contribution in [0.4, 0.5) is 5.69 Å². The Morgan fingerprint density at radius 3 is 2.28 bits per heavy atom. The molecule has 1 aliphatic rings. The molecule has 1 fully saturated rings. The fourth-order valence-corrected chi connectivity index (χ4v) is 3.47. The topological polar surface area (TPSA) is 109 Å². The van der Waals surface area contributed by atoms with Gasteiger partial charge in [-0.1, -0.05) is 6.07 Å². The first kappa shape index (κ1) is 21.4. The van der Waals surface area contributed by atoms with Crippen molar-refractivity contribution in [1.29, 1.82) is 0 Å². The largest absolute Gasteiger partial charge is 0.456 e. The number of nitrogens with one attached hydrogen (secondary N) is 1. The number of anilines is 1. The summed E-state index contributed by atoms with van der Waals surface area (Å²) in [5.74, 6) is 0.526. The molecule has 9 heteroatoms. The normalized spacial score (nSPS) is 13.8. The van der Waals surface area contributed by atoms with Gasteiger partial charge in [-0.25, -0.2) is 4.98 Å². The van der Waals surface area contributed by atoms with Gasteiger partial charge in [0.25, 0.3) is 5.91 Å². The van der Waals surface area contributed by atoms with E-state index in [1.54, 1.807) is 42.2 Å². The molecular formula is C23H24N4O5. The second-order valence-corrected chi connectivity index (χ2v) is 7.69. The molecule has 2 aromatic heterocycles. The van der Waals surface area contributed by atoms with Crippen LogP contribution in [0.15, 0.2) is 45.2 Å². The quantitative estimate of drug-likeness (QED) is 0.633. The molecule has 1 aliphatic heterocycles. The highest BCUT2D eigenvalue weighted by molar-refractivity contribution is 6.39. The third-order valence-corrected chi connectivity index (χ3v) is 5.40. The maximum absolute atomic E-state index is 12.6. The minimum Gasteiger partial charge on any atom is -0.456 e. The van der Waals surface area contributed by atoms with Crippen LogP contribution in [0, 0.1) is 20.8 Å². The number of nitrogens with zero attached hydrogens (tertiary/aromatic N) is 3. The van der Waals surface area contributed by atoms with Crippen LogP contribution in [-0.4, -0.2) is 58.7 Å². The summed E-state index contributed by atoms with van der Waals surface area (Å²) in [6, 6.07) is 10.3. The minimum atomic E-state index is -0.733. The lowest BCUT2D eigenvalue weighted by molar-refractivity contribution is -0.144. The van der Waals surface area contributed by atoms with E-state index in [0.29, 0.717) is 36.0 Å². The van der Waals surface area contributed by atoms with Crippen molar-refractivity contribution in [3.8, 4) is 11.5 Å². The lowest BCUT2D eigenvalue weighted by Gasteiger charge is -2.33. The Balaban J connectivity index is 1.35. The molecule has 3 aromatic rings. The smallest absolute Gasteiger partial charge is 0.313 e. The van der Waals surface area contributed by atoms with Gasteiger partial charge >= 0.3 is 11.8 Å². The predicted octanol–water partition coefficient (Wildman–Crippen LogP) is 2.78. The molecule has 0 unspecified atom stereocenters. The van der Waals surface area contributed by atoms with Crippen LogP contribution in [0.3, 0.4) is 0 Å². The van der Waals surface area contributed by atoms with Gasteiger partial charge in [-0.2, -0.15) is 0 Å². The average Bonchev–Trinajstić information content (AvgIpc) is 3.38. The molecule has 0 bridgehead atoms. The van der Waals surface area contributed by atoms with Crippen molar-refractivity contribution in [3.63, 3.8) is 0 Å². The van der Waals surface area contributed by atoms with E-state index in [4.69, 9.17) is 8.83 Å². The van der Waals surface area contributed by atoms with Gasteiger partial charge in [-0.15, -0.1) is 0 Å². The number of hydrogen-bond acceptors (Lipinski definition) is 6. The molecule has 1 aromatic carbocycles. The molecule has 9 nitrogen and oxygen atoms in total. The zero-order valence-corrected chi connectivity index (χ0v) is 18.2. The lowest BCUT2D eigenvalue weighted by atomic mass is 10.2. The van der Waals surface area contributed by atoms with Crippen LogP contribution >= 0.6 is 0 Å². The molecule has 0 saturated carbocycles. The van der Waals surface area contributed by atoms with E-state index in [-0.39, 0.29) is 24.8 Å². The van der Waals surface area contributed by atoms with Crippen molar-refractivity contribution in [2.75, 3.05) is 31.5 Å². The van der Waals surface area contributed by atoms with Crippen molar-refractivity contribution in [3.05, 3.63) is 59.4 Å². The van der Waals surface area contributed by atoms with E-state index >= 15 is 0 Å². The molecule has 166 valence electrons. The predicted molar refractivity (Wildman–Crippen MR) is 116 cm³/mol. The van der Waals surface area contributed by atoms with Gasteiger partial charge in [0.1, 0.15) is 11.5 Å². The van der Waals surface area contributed by atoms with Gasteiger partial charge < -0.3 is 24.0 Å². The summed E-state index contributed by atoms with van der Waals surface area (Å²) < 4.78 is 11.0. The van der Waals surface area contributed by atoms with Crippen LogP contribution in [0.2, 0.25) is 0 Å². The molecule has 32 heavy (non-hydrogen) atoms. The number of hydrogen-bond donors (Lipinski definition) is 1. The number of carbonyl (C=O) groups excluding carboxylic acids is 3. The molecule has 3 amide bonds. The molecule has 1 saturated heterocycles. The summed E-state index contributed by atoms with van der Waals surface area (Å²) in [6.07, 6.45) is 0. The maximum Gasteiger partial charge on any atom is 0.313 e. The van der Waals surface area contributed by atoms with E-state index in [9.17, 15) is 14.4 Å². The molecule has 1 N–H and O–H groups in total. The van der Waals surface area contributed by atoms with Crippen LogP contribution < -0.4 is 5.32 Å². The van der Waals surface area contributed by atoms with E-state index in [1.165, 1.54) is 4.90 Å². The number of aryl methyl sites for hydroxylation is 3. The standard InChI is InChI=1S/C23H24N4O5/c1-14-7-8-19(31-14)22(29)26-9-11-27(12-10-26)23(30)20(28)25-18-6-4-5-17(13-18)21-24-15(2)16(3)32-21/h4-8,13H,9-12H2,1-3H3,(H,25,28). The second-order valence-electron chi connectivity index (χ2n) is 7.69. The fourth-order valence-electron chi connectivity index (χ4n) is 3.47. The zero-order chi connectivity index (χ0) is 22.8. The molecule has 0 radical (unpaired) electrons. The van der Waals surface area contributed by atoms with E-state index in [1.807, 2.05) is 19.9 Å². The molecule has 0 spiro atoms. The molecule has 0 atom stereocenters. The first-order chi connectivity index (χ1) is 15.3. The Labute approximate surface area is 185 Å². The fraction of sp³-hybridized carbons (Fsp3) is 0.304. The second kappa shape index (κ2) is 8.70. The average molecular weight is 436 g/mol. The van der Waals surface area contributed by atoms with Crippen LogP contribution in [-0.2, 0) is 9.59 Å². The van der Waals surface area contributed by atoms with Crippen LogP contribution in [0.1, 0.15) is 27.8 Å². The molecular weight excluding hydrogens is 412 g/mol. The number of benzene rings is 1. The highest BCUT2D eigenvalue weighted by Gasteiger charge is 2.29. The third kappa shape index (κ3) is 4.41. The Morgan fingerprint density at radius 2 is 1.66 bits per heavy atom. The van der Waals surface area contributed by atoms with E-state index in [0.717, 1.165) is 11.5 Å². The van der Waals surface area contributed by atoms with Crippen LogP contribution in [0.5, 0.6) is 0 Å². The summed E-state index contributed by atoms with van der Waals surface area (Å²) in [5, 5.41) is 2.64. The van der Waals surface area contributed by atoms with E-state index in [2.05, 4.69) is 10.3 Å². The number of rotatable bonds is 3. The van der Waals surface area contributed by atoms with Crippen molar-refractivity contribution in [2.24, 2.45) is 0 Å². The number of amides is 3. The molecule has 3 heterocycles. The Kier molecular flexibility index (Phi) is 5.81. The summed E-state index contributed by atoms with van der Waals surface area (Å²) in [5.41, 5.74) is 1.97. The number of oxazole rings is 1. The number of carbonyl (C=O) groups is 3. The van der Waals surface area contributed by atoms with Gasteiger partial charge in [-0.05, 0) is 51.1 Å². The first-order valence-corrected chi connectivity index (χ1v) is 10.3. The van der Waals surface area contributed by atoms with Crippen LogP contribution in [0.25, 0.3) is 11.5 Å². The monoisotopic (exact) mass is 436 g/mol. The van der Waals surface area contributed by atoms with Crippen molar-refractivity contribution in [2.45, 2.75) is 20.8 Å². The molecule has 0 aliphatic carbocycles. The zero-order valence-electron chi connectivity index (χ0n) is 18.2. The van der Waals surface area contributed by atoms with Crippen molar-refractivity contribution >= 4 is 23.4 Å². The van der Waals surface area contributed by atoms with Crippen molar-refractivity contribution < 1.29 is 23.2 Å². The summed E-state index contributed by atoms with van der Waals surface area (Å²) in [6.45, 7) is 6.66. The lowest BCUT2D eigenvalue weighted by Crippen LogP contribution is -2.52. The molecule has 4 rings (SSSR count). The summed E-state index contributed by atoms with van der Waals surface area (Å²) >= 11 is 0. The minimum absolute atomic E-state index is 0.219. The first-order valence-electron chi connectivity index (χ1n) is 10.3. The van der Waals surface area contributed by atoms with Gasteiger partial charge in [0.15, 0.2) is 5.76 Å². The number of aromatic nitrogens is 1. The Hall–Kier alpha value is -3.88. The van der Waals surface area contributed by atoms with Gasteiger partial charge in [-0.3, -0.25) is 14.4 Å². The summed E-state index contributed by atoms with van der Waals surface area (Å²) in [4.78, 5) is 45.0. The Morgan fingerprint density at radius 1 is 0.938 bits per heavy atom. The van der Waals surface area contributed by atoms with Crippen molar-refractivity contribution in [1.82, 2.24) is 14.8 Å². The van der Waals surface area contributed by atoms with Gasteiger partial charge in [0.2, 0.25) is 5.89 Å². The number of piperazine rings is 1. The van der Waals surface area contributed by atoms with E-state index < -0.39 is 11.8 Å². The maximum atomic E-state index is 12.6. The highest BCUT2D eigenvalue weighted by Crippen LogP contribution is 2.24. The number of furan rings is 1. The van der Waals surface area contributed by atoms with Gasteiger partial charge in [0.05, 0.1) is 5.69 Å².